The van der Waals surface area contributed by atoms with Crippen molar-refractivity contribution in [3.63, 3.8) is 0 Å². The lowest BCUT2D eigenvalue weighted by atomic mass is 10.3. The van der Waals surface area contributed by atoms with Gasteiger partial charge in [0, 0.05) is 6.42 Å². The number of hydrogen-bond donors (Lipinski definition) is 2. The van der Waals surface area contributed by atoms with Crippen molar-refractivity contribution in [1.29, 1.82) is 0 Å². The standard InChI is InChI=1S/C11H16N2O2/c1-3-6-11(14)13-12-9-7-4-5-8-10(9)15-2/h4-5,7-8,12H,3,6H2,1-2H3,(H,13,14). The van der Waals surface area contributed by atoms with Crippen LogP contribution < -0.4 is 15.6 Å². The van der Waals surface area contributed by atoms with Crippen molar-refractivity contribution in [3.8, 4) is 5.75 Å². The number of methoxy groups -OCH3 is 1. The zero-order chi connectivity index (χ0) is 11.1. The zero-order valence-corrected chi connectivity index (χ0v) is 9.04. The van der Waals surface area contributed by atoms with E-state index in [4.69, 9.17) is 4.74 Å². The molecule has 0 bridgehead atoms. The molecule has 1 rings (SSSR count). The number of nitrogens with one attached hydrogen (secondary N) is 2. The molecule has 1 aromatic rings. The summed E-state index contributed by atoms with van der Waals surface area (Å²) >= 11 is 0. The highest BCUT2D eigenvalue weighted by molar-refractivity contribution is 5.77. The van der Waals surface area contributed by atoms with Gasteiger partial charge in [-0.15, -0.1) is 0 Å². The second kappa shape index (κ2) is 5.90. The van der Waals surface area contributed by atoms with Gasteiger partial charge >= 0.3 is 0 Å². The minimum absolute atomic E-state index is 0.0246. The Morgan fingerprint density at radius 1 is 1.40 bits per heavy atom. The van der Waals surface area contributed by atoms with Crippen LogP contribution in [0.4, 0.5) is 5.69 Å². The zero-order valence-electron chi connectivity index (χ0n) is 9.04. The molecule has 0 spiro atoms. The van der Waals surface area contributed by atoms with E-state index in [1.807, 2.05) is 31.2 Å². The van der Waals surface area contributed by atoms with Gasteiger partial charge in [0.15, 0.2) is 0 Å². The third-order valence-corrected chi connectivity index (χ3v) is 1.92. The molecule has 0 aliphatic heterocycles. The van der Waals surface area contributed by atoms with E-state index in [9.17, 15) is 4.79 Å². The van der Waals surface area contributed by atoms with Gasteiger partial charge in [-0.25, -0.2) is 0 Å². The summed E-state index contributed by atoms with van der Waals surface area (Å²) in [5.41, 5.74) is 6.18. The first-order valence-corrected chi connectivity index (χ1v) is 4.95. The van der Waals surface area contributed by atoms with Crippen LogP contribution in [0.3, 0.4) is 0 Å². The fourth-order valence-electron chi connectivity index (χ4n) is 1.17. The molecule has 0 atom stereocenters. The van der Waals surface area contributed by atoms with Crippen molar-refractivity contribution >= 4 is 11.6 Å². The van der Waals surface area contributed by atoms with E-state index in [2.05, 4.69) is 10.9 Å². The molecule has 4 heteroatoms. The SMILES string of the molecule is CCCC(=O)NNc1ccccc1OC. The van der Waals surface area contributed by atoms with Gasteiger partial charge in [0.1, 0.15) is 5.75 Å². The van der Waals surface area contributed by atoms with Gasteiger partial charge in [0.2, 0.25) is 5.91 Å². The largest absolute Gasteiger partial charge is 0.495 e. The molecule has 0 saturated carbocycles. The topological polar surface area (TPSA) is 50.4 Å². The van der Waals surface area contributed by atoms with Gasteiger partial charge in [-0.1, -0.05) is 19.1 Å². The van der Waals surface area contributed by atoms with E-state index in [0.717, 1.165) is 12.1 Å². The average Bonchev–Trinajstić information content (AvgIpc) is 2.27. The van der Waals surface area contributed by atoms with Crippen LogP contribution in [0.25, 0.3) is 0 Å². The summed E-state index contributed by atoms with van der Waals surface area (Å²) in [6.45, 7) is 1.96. The van der Waals surface area contributed by atoms with Crippen molar-refractivity contribution in [2.24, 2.45) is 0 Å². The van der Waals surface area contributed by atoms with E-state index in [0.29, 0.717) is 12.2 Å². The molecule has 1 aromatic carbocycles. The predicted octanol–water partition coefficient (Wildman–Crippen LogP) is 1.94. The highest BCUT2D eigenvalue weighted by Gasteiger charge is 2.02. The highest BCUT2D eigenvalue weighted by atomic mass is 16.5. The van der Waals surface area contributed by atoms with Gasteiger partial charge in [-0.05, 0) is 18.6 Å². The fourth-order valence-corrected chi connectivity index (χ4v) is 1.17. The number of para-hydroxylation sites is 2. The van der Waals surface area contributed by atoms with Crippen LogP contribution in [0.2, 0.25) is 0 Å². The monoisotopic (exact) mass is 208 g/mol. The lowest BCUT2D eigenvalue weighted by molar-refractivity contribution is -0.120. The second-order valence-corrected chi connectivity index (χ2v) is 3.12. The lowest BCUT2D eigenvalue weighted by Crippen LogP contribution is -2.29. The Kier molecular flexibility index (Phi) is 4.47. The van der Waals surface area contributed by atoms with Crippen molar-refractivity contribution in [1.82, 2.24) is 5.43 Å². The molecule has 0 heterocycles. The number of hydrogen-bond acceptors (Lipinski definition) is 3. The quantitative estimate of drug-likeness (QED) is 0.727. The molecule has 0 unspecified atom stereocenters. The first-order valence-electron chi connectivity index (χ1n) is 4.95. The molecule has 0 aromatic heterocycles. The van der Waals surface area contributed by atoms with Crippen molar-refractivity contribution in [3.05, 3.63) is 24.3 Å². The summed E-state index contributed by atoms with van der Waals surface area (Å²) in [5.74, 6) is 0.678. The van der Waals surface area contributed by atoms with Crippen molar-refractivity contribution in [2.75, 3.05) is 12.5 Å². The summed E-state index contributed by atoms with van der Waals surface area (Å²) in [6.07, 6.45) is 1.35. The number of amides is 1. The maximum atomic E-state index is 11.2. The highest BCUT2D eigenvalue weighted by Crippen LogP contribution is 2.21. The number of benzene rings is 1. The minimum Gasteiger partial charge on any atom is -0.495 e. The van der Waals surface area contributed by atoms with E-state index < -0.39 is 0 Å². The van der Waals surface area contributed by atoms with Crippen LogP contribution in [0.5, 0.6) is 5.75 Å². The molecule has 0 radical (unpaired) electrons. The molecular formula is C11H16N2O2. The van der Waals surface area contributed by atoms with Crippen LogP contribution in [0.15, 0.2) is 24.3 Å². The summed E-state index contributed by atoms with van der Waals surface area (Å²) < 4.78 is 5.12. The molecule has 0 saturated heterocycles. The Hall–Kier alpha value is -1.71. The lowest BCUT2D eigenvalue weighted by Gasteiger charge is -2.11. The molecule has 82 valence electrons. The van der Waals surface area contributed by atoms with Gasteiger partial charge in [-0.2, -0.15) is 0 Å². The molecule has 1 amide bonds. The van der Waals surface area contributed by atoms with Crippen molar-refractivity contribution in [2.45, 2.75) is 19.8 Å². The Morgan fingerprint density at radius 3 is 2.80 bits per heavy atom. The Balaban J connectivity index is 2.53. The van der Waals surface area contributed by atoms with Crippen LogP contribution >= 0.6 is 0 Å². The first kappa shape index (κ1) is 11.4. The number of anilines is 1. The van der Waals surface area contributed by atoms with Gasteiger partial charge in [0.05, 0.1) is 12.8 Å². The van der Waals surface area contributed by atoms with Crippen LogP contribution in [0.1, 0.15) is 19.8 Å². The third kappa shape index (κ3) is 3.50. The van der Waals surface area contributed by atoms with Gasteiger partial charge in [-0.3, -0.25) is 15.6 Å². The second-order valence-electron chi connectivity index (χ2n) is 3.12. The molecule has 4 nitrogen and oxygen atoms in total. The molecule has 15 heavy (non-hydrogen) atoms. The number of rotatable bonds is 5. The fraction of sp³-hybridized carbons (Fsp3) is 0.364. The first-order chi connectivity index (χ1) is 7.27. The summed E-state index contributed by atoms with van der Waals surface area (Å²) in [7, 11) is 1.59. The van der Waals surface area contributed by atoms with Gasteiger partial charge in [0.25, 0.3) is 0 Å². The molecule has 0 aliphatic rings. The summed E-state index contributed by atoms with van der Waals surface area (Å²) in [4.78, 5) is 11.2. The van der Waals surface area contributed by atoms with Crippen LogP contribution in [0, 0.1) is 0 Å². The number of ether oxygens (including phenoxy) is 1. The Bertz CT molecular complexity index is 326. The predicted molar refractivity (Wildman–Crippen MR) is 59.7 cm³/mol. The van der Waals surface area contributed by atoms with Gasteiger partial charge < -0.3 is 4.74 Å². The molecule has 0 aliphatic carbocycles. The Morgan fingerprint density at radius 2 is 2.13 bits per heavy atom. The number of hydrazine groups is 1. The smallest absolute Gasteiger partial charge is 0.238 e. The molecule has 2 N–H and O–H groups in total. The average molecular weight is 208 g/mol. The van der Waals surface area contributed by atoms with E-state index in [1.165, 1.54) is 0 Å². The van der Waals surface area contributed by atoms with E-state index >= 15 is 0 Å². The van der Waals surface area contributed by atoms with Crippen LogP contribution in [-0.2, 0) is 4.79 Å². The number of carbonyl (C=O) groups excluding carboxylic acids is 1. The maximum Gasteiger partial charge on any atom is 0.238 e. The third-order valence-electron chi connectivity index (χ3n) is 1.92. The van der Waals surface area contributed by atoms with Crippen LogP contribution in [-0.4, -0.2) is 13.0 Å². The van der Waals surface area contributed by atoms with E-state index in [-0.39, 0.29) is 5.91 Å². The Labute approximate surface area is 89.6 Å². The molecular weight excluding hydrogens is 192 g/mol. The van der Waals surface area contributed by atoms with Crippen molar-refractivity contribution < 1.29 is 9.53 Å². The summed E-state index contributed by atoms with van der Waals surface area (Å²) in [6, 6.07) is 7.41. The van der Waals surface area contributed by atoms with E-state index in [1.54, 1.807) is 7.11 Å². The molecule has 0 fully saturated rings. The summed E-state index contributed by atoms with van der Waals surface area (Å²) in [5, 5.41) is 0. The number of carbonyl (C=O) groups is 1. The minimum atomic E-state index is -0.0246. The maximum absolute atomic E-state index is 11.2. The normalized spacial score (nSPS) is 9.47.